The summed E-state index contributed by atoms with van der Waals surface area (Å²) in [6.45, 7) is 8.06. The maximum Gasteiger partial charge on any atom is 0.150 e. The van der Waals surface area contributed by atoms with Crippen LogP contribution in [0.5, 0.6) is 0 Å². The van der Waals surface area contributed by atoms with Crippen molar-refractivity contribution in [3.63, 3.8) is 0 Å². The molecule has 15 rings (SSSR count). The summed E-state index contributed by atoms with van der Waals surface area (Å²) in [6.07, 6.45) is 3.67. The van der Waals surface area contributed by atoms with Crippen molar-refractivity contribution in [1.82, 2.24) is 0 Å². The van der Waals surface area contributed by atoms with Gasteiger partial charge in [0, 0.05) is 45.7 Å². The van der Waals surface area contributed by atoms with Crippen LogP contribution in [0.1, 0.15) is 55.6 Å². The summed E-state index contributed by atoms with van der Waals surface area (Å²) in [5.41, 5.74) is 16.8. The molecule has 406 valence electrons. The third-order valence-corrected chi connectivity index (χ3v) is 17.4. The van der Waals surface area contributed by atoms with Crippen molar-refractivity contribution in [3.05, 3.63) is 359 Å². The smallest absolute Gasteiger partial charge is 0.150 e. The van der Waals surface area contributed by atoms with Gasteiger partial charge in [-0.1, -0.05) is 195 Å². The van der Waals surface area contributed by atoms with Crippen LogP contribution in [0.2, 0.25) is 0 Å². The van der Waals surface area contributed by atoms with Crippen LogP contribution in [-0.2, 0) is 10.8 Å². The lowest BCUT2D eigenvalue weighted by Gasteiger charge is -2.35. The van der Waals surface area contributed by atoms with Gasteiger partial charge in [0.2, 0.25) is 0 Å². The number of nitrogens with zero attached hydrogens (tertiary/aromatic N) is 2. The molecule has 2 atom stereocenters. The maximum atomic E-state index is 16.8. The second kappa shape index (κ2) is 20.0. The van der Waals surface area contributed by atoms with E-state index in [0.717, 1.165) is 90.0 Å². The Bertz CT molecular complexity index is 4520. The van der Waals surface area contributed by atoms with Crippen LogP contribution < -0.4 is 9.80 Å². The second-order valence-electron chi connectivity index (χ2n) is 21.8. The lowest BCUT2D eigenvalue weighted by molar-refractivity contribution is 0.583. The van der Waals surface area contributed by atoms with Gasteiger partial charge in [0.15, 0.2) is 0 Å². The molecule has 85 heavy (non-hydrogen) atoms. The fourth-order valence-electron chi connectivity index (χ4n) is 13.7. The zero-order valence-electron chi connectivity index (χ0n) is 45.8. The molecule has 0 spiro atoms. The predicted octanol–water partition coefficient (Wildman–Crippen LogP) is 21.1. The molecule has 0 N–H and O–H groups in total. The minimum absolute atomic E-state index is 0.130. The van der Waals surface area contributed by atoms with Crippen molar-refractivity contribution in [2.45, 2.75) is 10.8 Å². The van der Waals surface area contributed by atoms with Crippen LogP contribution in [-0.4, -0.2) is 0 Å². The van der Waals surface area contributed by atoms with E-state index in [9.17, 15) is 0 Å². The van der Waals surface area contributed by atoms with E-state index in [4.69, 9.17) is 4.42 Å². The maximum absolute atomic E-state index is 16.8. The Kier molecular flexibility index (Phi) is 12.0. The Morgan fingerprint density at radius 2 is 0.671 bits per heavy atom. The Balaban J connectivity index is 0.926. The second-order valence-corrected chi connectivity index (χ2v) is 21.8. The number of hydrogen-bond donors (Lipinski definition) is 0. The zero-order chi connectivity index (χ0) is 57.6. The molecule has 13 aromatic rings. The molecular formula is C78H50F4N2O. The molecule has 0 saturated carbocycles. The molecule has 0 radical (unpaired) electrons. The van der Waals surface area contributed by atoms with E-state index in [-0.39, 0.29) is 11.4 Å². The molecular weight excluding hydrogens is 1060 g/mol. The minimum atomic E-state index is -0.796. The number of anilines is 6. The first-order valence-electron chi connectivity index (χ1n) is 28.2. The monoisotopic (exact) mass is 1110 g/mol. The van der Waals surface area contributed by atoms with Crippen molar-refractivity contribution < 1.29 is 22.0 Å². The molecule has 0 amide bonds. The number of fused-ring (bicyclic) bond motifs is 9. The highest BCUT2D eigenvalue weighted by atomic mass is 19.1. The van der Waals surface area contributed by atoms with E-state index in [0.29, 0.717) is 44.7 Å². The highest BCUT2D eigenvalue weighted by Gasteiger charge is 2.48. The van der Waals surface area contributed by atoms with Crippen LogP contribution in [0.4, 0.5) is 51.7 Å². The average Bonchev–Trinajstić information content (AvgIpc) is 1.70. The Labute approximate surface area is 489 Å². The summed E-state index contributed by atoms with van der Waals surface area (Å²) in [5.74, 6) is -2.92. The summed E-state index contributed by atoms with van der Waals surface area (Å²) in [6, 6.07) is 85.8. The molecule has 0 saturated heterocycles. The van der Waals surface area contributed by atoms with E-state index < -0.39 is 34.1 Å². The Morgan fingerprint density at radius 3 is 1.07 bits per heavy atom. The topological polar surface area (TPSA) is 19.6 Å². The first-order chi connectivity index (χ1) is 41.7. The molecule has 7 heteroatoms. The highest BCUT2D eigenvalue weighted by molar-refractivity contribution is 6.08. The van der Waals surface area contributed by atoms with Crippen LogP contribution >= 0.6 is 0 Å². The molecule has 0 fully saturated rings. The fraction of sp³-hybridized carbons (Fsp3) is 0.0256. The lowest BCUT2D eigenvalue weighted by atomic mass is 9.67. The van der Waals surface area contributed by atoms with Crippen molar-refractivity contribution in [1.29, 1.82) is 0 Å². The lowest BCUT2D eigenvalue weighted by Crippen LogP contribution is -2.28. The van der Waals surface area contributed by atoms with Crippen molar-refractivity contribution >= 4 is 68.2 Å². The first-order valence-corrected chi connectivity index (χ1v) is 28.2. The van der Waals surface area contributed by atoms with E-state index in [1.165, 1.54) is 24.3 Å². The molecule has 1 aromatic heterocycles. The number of furan rings is 1. The van der Waals surface area contributed by atoms with Gasteiger partial charge in [0.1, 0.15) is 34.4 Å². The number of halogens is 4. The Morgan fingerprint density at radius 1 is 0.318 bits per heavy atom. The number of rotatable bonds is 12. The highest BCUT2D eigenvalue weighted by Crippen LogP contribution is 2.59. The standard InChI is InChI=1S/C78H50F4N2O/c1-3-49-23-27-53(28-24-49)77(51-15-7-5-8-16-51)67-21-13-11-19-61(67)63-37-33-59(47-69(63)77)83(73-39-31-55(79)43-71(73)81)57-35-41-75-65(45-57)66-46-58(36-42-76(66)85-75)84(74-40-32-56(80)44-72(74)82)60-34-38-64-62-20-12-14-22-68(62)78(70(64)48-60,52-17-9-6-10-18-52)54-29-25-50(4-2)26-30-54/h3-48H,1-2H2. The minimum Gasteiger partial charge on any atom is -0.456 e. The van der Waals surface area contributed by atoms with Crippen LogP contribution in [0.25, 0.3) is 56.3 Å². The van der Waals surface area contributed by atoms with Gasteiger partial charge in [0.25, 0.3) is 0 Å². The molecule has 2 unspecified atom stereocenters. The molecule has 0 bridgehead atoms. The Hall–Kier alpha value is -10.8. The summed E-state index contributed by atoms with van der Waals surface area (Å²) in [7, 11) is 0. The van der Waals surface area contributed by atoms with E-state index in [2.05, 4.69) is 183 Å². The van der Waals surface area contributed by atoms with E-state index >= 15 is 17.6 Å². The summed E-state index contributed by atoms with van der Waals surface area (Å²) in [5, 5.41) is 1.37. The van der Waals surface area contributed by atoms with Gasteiger partial charge in [-0.2, -0.15) is 0 Å². The van der Waals surface area contributed by atoms with Crippen LogP contribution in [0.15, 0.2) is 284 Å². The molecule has 2 aliphatic rings. The van der Waals surface area contributed by atoms with Gasteiger partial charge in [-0.05, 0) is 163 Å². The normalized spacial score (nSPS) is 15.5. The van der Waals surface area contributed by atoms with Gasteiger partial charge in [0.05, 0.1) is 22.2 Å². The molecule has 2 aliphatic carbocycles. The molecule has 0 aliphatic heterocycles. The van der Waals surface area contributed by atoms with Crippen molar-refractivity contribution in [2.75, 3.05) is 9.80 Å². The average molecular weight is 1110 g/mol. The number of hydrogen-bond acceptors (Lipinski definition) is 3. The SMILES string of the molecule is C=Cc1ccc(C2(c3ccccc3)c3ccccc3-c3ccc(N(c4ccc5oc6ccc(N(c7ccc8c(c7)C(c7ccccc7)(c7ccc(C=C)cc7)c7ccccc7-8)c7ccc(F)cc7F)cc6c5c4)c4ccc(F)cc4F)cc32)cc1. The fourth-order valence-corrected chi connectivity index (χ4v) is 13.7. The van der Waals surface area contributed by atoms with Gasteiger partial charge < -0.3 is 14.2 Å². The van der Waals surface area contributed by atoms with Crippen LogP contribution in [0, 0.1) is 23.3 Å². The molecule has 12 aromatic carbocycles. The van der Waals surface area contributed by atoms with E-state index in [1.54, 1.807) is 0 Å². The first kappa shape index (κ1) is 51.1. The largest absolute Gasteiger partial charge is 0.456 e. The van der Waals surface area contributed by atoms with Gasteiger partial charge >= 0.3 is 0 Å². The van der Waals surface area contributed by atoms with Gasteiger partial charge in [-0.25, -0.2) is 17.6 Å². The quantitative estimate of drug-likeness (QED) is 0.114. The third-order valence-electron chi connectivity index (χ3n) is 17.4. The number of benzene rings is 12. The predicted molar refractivity (Wildman–Crippen MR) is 338 cm³/mol. The van der Waals surface area contributed by atoms with E-state index in [1.807, 2.05) is 82.6 Å². The van der Waals surface area contributed by atoms with Crippen molar-refractivity contribution in [2.24, 2.45) is 0 Å². The molecule has 3 nitrogen and oxygen atoms in total. The third kappa shape index (κ3) is 7.88. The van der Waals surface area contributed by atoms with Crippen LogP contribution in [0.3, 0.4) is 0 Å². The zero-order valence-corrected chi connectivity index (χ0v) is 45.8. The van der Waals surface area contributed by atoms with Gasteiger partial charge in [-0.15, -0.1) is 0 Å². The summed E-state index contributed by atoms with van der Waals surface area (Å²) < 4.78 is 70.3. The summed E-state index contributed by atoms with van der Waals surface area (Å²) in [4.78, 5) is 3.65. The summed E-state index contributed by atoms with van der Waals surface area (Å²) >= 11 is 0. The van der Waals surface area contributed by atoms with Gasteiger partial charge in [-0.3, -0.25) is 0 Å². The van der Waals surface area contributed by atoms with Crippen molar-refractivity contribution in [3.8, 4) is 22.3 Å². The molecule has 1 heterocycles.